The Labute approximate surface area is 123 Å². The van der Waals surface area contributed by atoms with Crippen LogP contribution >= 0.6 is 0 Å². The van der Waals surface area contributed by atoms with Crippen LogP contribution in [-0.2, 0) is 4.79 Å². The number of nitrogens with one attached hydrogen (secondary N) is 1. The molecule has 2 nitrogen and oxygen atoms in total. The zero-order valence-electron chi connectivity index (χ0n) is 13.0. The molecule has 1 aliphatic carbocycles. The predicted molar refractivity (Wildman–Crippen MR) is 84.9 cm³/mol. The van der Waals surface area contributed by atoms with Crippen LogP contribution in [0, 0.1) is 25.7 Å². The van der Waals surface area contributed by atoms with E-state index in [0.29, 0.717) is 5.92 Å². The van der Waals surface area contributed by atoms with Gasteiger partial charge >= 0.3 is 0 Å². The number of rotatable bonds is 7. The maximum atomic E-state index is 12.2. The number of carbonyl (C=O) groups is 1. The van der Waals surface area contributed by atoms with Crippen molar-refractivity contribution in [3.63, 3.8) is 0 Å². The molecule has 110 valence electrons. The molecule has 1 saturated carbocycles. The SMILES string of the molecule is CCCCCCC1CC1C(=O)Nc1ccc(C)cc1C. The van der Waals surface area contributed by atoms with Crippen molar-refractivity contribution in [3.05, 3.63) is 29.3 Å². The van der Waals surface area contributed by atoms with Gasteiger partial charge in [-0.05, 0) is 44.2 Å². The average molecular weight is 273 g/mol. The van der Waals surface area contributed by atoms with Gasteiger partial charge in [-0.15, -0.1) is 0 Å². The van der Waals surface area contributed by atoms with Gasteiger partial charge in [0.1, 0.15) is 0 Å². The first kappa shape index (κ1) is 15.1. The molecule has 0 heterocycles. The number of hydrogen-bond donors (Lipinski definition) is 1. The standard InChI is InChI=1S/C18H27NO/c1-4-5-6-7-8-15-12-16(15)18(20)19-17-10-9-13(2)11-14(17)3/h9-11,15-16H,4-8,12H2,1-3H3,(H,19,20). The molecule has 1 N–H and O–H groups in total. The van der Waals surface area contributed by atoms with E-state index in [-0.39, 0.29) is 11.8 Å². The molecule has 0 radical (unpaired) electrons. The van der Waals surface area contributed by atoms with Crippen LogP contribution in [0.15, 0.2) is 18.2 Å². The van der Waals surface area contributed by atoms with E-state index in [2.05, 4.69) is 38.2 Å². The van der Waals surface area contributed by atoms with Crippen molar-refractivity contribution >= 4 is 11.6 Å². The summed E-state index contributed by atoms with van der Waals surface area (Å²) in [6.45, 7) is 6.36. The second-order valence-electron chi connectivity index (χ2n) is 6.26. The third kappa shape index (κ3) is 4.09. The number of unbranched alkanes of at least 4 members (excludes halogenated alkanes) is 3. The smallest absolute Gasteiger partial charge is 0.227 e. The first-order valence-electron chi connectivity index (χ1n) is 8.00. The fourth-order valence-corrected chi connectivity index (χ4v) is 2.90. The van der Waals surface area contributed by atoms with Crippen molar-refractivity contribution in [3.8, 4) is 0 Å². The van der Waals surface area contributed by atoms with Crippen molar-refractivity contribution in [2.45, 2.75) is 59.3 Å². The van der Waals surface area contributed by atoms with Gasteiger partial charge in [-0.1, -0.05) is 50.3 Å². The normalized spacial score (nSPS) is 20.8. The van der Waals surface area contributed by atoms with Crippen LogP contribution in [0.25, 0.3) is 0 Å². The van der Waals surface area contributed by atoms with E-state index in [1.165, 1.54) is 37.7 Å². The summed E-state index contributed by atoms with van der Waals surface area (Å²) < 4.78 is 0. The van der Waals surface area contributed by atoms with Crippen LogP contribution in [0.2, 0.25) is 0 Å². The van der Waals surface area contributed by atoms with E-state index in [0.717, 1.165) is 17.7 Å². The van der Waals surface area contributed by atoms with Gasteiger partial charge < -0.3 is 5.32 Å². The van der Waals surface area contributed by atoms with Gasteiger partial charge in [0, 0.05) is 11.6 Å². The summed E-state index contributed by atoms with van der Waals surface area (Å²) >= 11 is 0. The topological polar surface area (TPSA) is 29.1 Å². The Morgan fingerprint density at radius 1 is 1.25 bits per heavy atom. The number of hydrogen-bond acceptors (Lipinski definition) is 1. The number of anilines is 1. The van der Waals surface area contributed by atoms with Crippen molar-refractivity contribution < 1.29 is 4.79 Å². The van der Waals surface area contributed by atoms with Gasteiger partial charge in [0.25, 0.3) is 0 Å². The Morgan fingerprint density at radius 2 is 2.05 bits per heavy atom. The molecule has 1 amide bonds. The minimum absolute atomic E-state index is 0.220. The van der Waals surface area contributed by atoms with Gasteiger partial charge in [0.05, 0.1) is 0 Å². The molecule has 0 bridgehead atoms. The molecule has 2 unspecified atom stereocenters. The number of benzene rings is 1. The fourth-order valence-electron chi connectivity index (χ4n) is 2.90. The van der Waals surface area contributed by atoms with E-state index in [9.17, 15) is 4.79 Å². The minimum atomic E-state index is 0.220. The summed E-state index contributed by atoms with van der Waals surface area (Å²) in [5.41, 5.74) is 3.36. The molecule has 1 fully saturated rings. The van der Waals surface area contributed by atoms with Gasteiger partial charge in [-0.25, -0.2) is 0 Å². The first-order chi connectivity index (χ1) is 9.61. The zero-order valence-corrected chi connectivity index (χ0v) is 13.0. The van der Waals surface area contributed by atoms with Crippen LogP contribution < -0.4 is 5.32 Å². The molecule has 2 heteroatoms. The summed E-state index contributed by atoms with van der Waals surface area (Å²) in [6.07, 6.45) is 7.52. The van der Waals surface area contributed by atoms with E-state index >= 15 is 0 Å². The summed E-state index contributed by atoms with van der Waals surface area (Å²) in [5, 5.41) is 3.09. The van der Waals surface area contributed by atoms with Gasteiger partial charge in [-0.2, -0.15) is 0 Å². The lowest BCUT2D eigenvalue weighted by molar-refractivity contribution is -0.117. The highest BCUT2D eigenvalue weighted by molar-refractivity contribution is 5.95. The van der Waals surface area contributed by atoms with Crippen molar-refractivity contribution in [2.75, 3.05) is 5.32 Å². The van der Waals surface area contributed by atoms with E-state index < -0.39 is 0 Å². The van der Waals surface area contributed by atoms with Crippen LogP contribution in [0.4, 0.5) is 5.69 Å². The molecule has 1 aliphatic rings. The maximum Gasteiger partial charge on any atom is 0.227 e. The van der Waals surface area contributed by atoms with Crippen molar-refractivity contribution in [1.82, 2.24) is 0 Å². The highest BCUT2D eigenvalue weighted by Gasteiger charge is 2.42. The van der Waals surface area contributed by atoms with Crippen LogP contribution in [0.1, 0.15) is 56.6 Å². The zero-order chi connectivity index (χ0) is 14.5. The Balaban J connectivity index is 1.76. The minimum Gasteiger partial charge on any atom is -0.326 e. The molecular formula is C18H27NO. The third-order valence-corrected chi connectivity index (χ3v) is 4.33. The molecule has 2 atom stereocenters. The van der Waals surface area contributed by atoms with E-state index in [1.807, 2.05) is 6.07 Å². The number of carbonyl (C=O) groups excluding carboxylic acids is 1. The molecule has 0 aliphatic heterocycles. The lowest BCUT2D eigenvalue weighted by Gasteiger charge is -2.09. The highest BCUT2D eigenvalue weighted by Crippen LogP contribution is 2.43. The molecule has 2 rings (SSSR count). The summed E-state index contributed by atoms with van der Waals surface area (Å²) in [7, 11) is 0. The van der Waals surface area contributed by atoms with Crippen LogP contribution in [-0.4, -0.2) is 5.91 Å². The molecule has 0 aromatic heterocycles. The second kappa shape index (κ2) is 6.92. The highest BCUT2D eigenvalue weighted by atomic mass is 16.2. The Bertz CT molecular complexity index is 466. The largest absolute Gasteiger partial charge is 0.326 e. The maximum absolute atomic E-state index is 12.2. The molecule has 1 aromatic carbocycles. The number of aryl methyl sites for hydroxylation is 2. The van der Waals surface area contributed by atoms with Gasteiger partial charge in [0.15, 0.2) is 0 Å². The fraction of sp³-hybridized carbons (Fsp3) is 0.611. The predicted octanol–water partition coefficient (Wildman–Crippen LogP) is 4.85. The van der Waals surface area contributed by atoms with E-state index in [4.69, 9.17) is 0 Å². The van der Waals surface area contributed by atoms with Crippen molar-refractivity contribution in [1.29, 1.82) is 0 Å². The summed E-state index contributed by atoms with van der Waals surface area (Å²) in [4.78, 5) is 12.2. The lowest BCUT2D eigenvalue weighted by Crippen LogP contribution is -2.15. The Morgan fingerprint density at radius 3 is 2.75 bits per heavy atom. The molecule has 0 saturated heterocycles. The number of amides is 1. The Hall–Kier alpha value is -1.31. The third-order valence-electron chi connectivity index (χ3n) is 4.33. The second-order valence-corrected chi connectivity index (χ2v) is 6.26. The van der Waals surface area contributed by atoms with Gasteiger partial charge in [-0.3, -0.25) is 4.79 Å². The van der Waals surface area contributed by atoms with Crippen molar-refractivity contribution in [2.24, 2.45) is 11.8 Å². The van der Waals surface area contributed by atoms with E-state index in [1.54, 1.807) is 0 Å². The lowest BCUT2D eigenvalue weighted by atomic mass is 10.1. The average Bonchev–Trinajstić information content (AvgIpc) is 3.18. The summed E-state index contributed by atoms with van der Waals surface area (Å²) in [6, 6.07) is 6.18. The molecule has 0 spiro atoms. The molecular weight excluding hydrogens is 246 g/mol. The van der Waals surface area contributed by atoms with Gasteiger partial charge in [0.2, 0.25) is 5.91 Å². The first-order valence-corrected chi connectivity index (χ1v) is 8.00. The van der Waals surface area contributed by atoms with Crippen LogP contribution in [0.5, 0.6) is 0 Å². The molecule has 1 aromatic rings. The molecule has 20 heavy (non-hydrogen) atoms. The quantitative estimate of drug-likeness (QED) is 0.707. The Kier molecular flexibility index (Phi) is 5.22. The monoisotopic (exact) mass is 273 g/mol. The summed E-state index contributed by atoms with van der Waals surface area (Å²) in [5.74, 6) is 1.12. The van der Waals surface area contributed by atoms with Crippen LogP contribution in [0.3, 0.4) is 0 Å².